The number of methoxy groups -OCH3 is 1. The number of carbonyl (C=O) groups excluding carboxylic acids is 4. The molecule has 0 unspecified atom stereocenters. The van der Waals surface area contributed by atoms with E-state index in [0.29, 0.717) is 70.9 Å². The SMILES string of the molecule is COc1cc2c(cc1OCCCC(=O)Nc1cc(C(=O)Nc3ccc(-c4cc(C(=O)NCCCC(C)C)n(C)c4)cc3)n(C)c1)N=C[C@H]1CCCN1C2=O. The van der Waals surface area contributed by atoms with Gasteiger partial charge in [-0.05, 0) is 73.9 Å². The third-order valence-electron chi connectivity index (χ3n) is 9.74. The van der Waals surface area contributed by atoms with E-state index in [0.717, 1.165) is 36.8 Å². The number of anilines is 2. The number of hydrogen-bond donors (Lipinski definition) is 3. The van der Waals surface area contributed by atoms with Gasteiger partial charge in [-0.15, -0.1) is 0 Å². The van der Waals surface area contributed by atoms with Crippen LogP contribution in [0.1, 0.15) is 83.7 Å². The third kappa shape index (κ3) is 8.84. The fourth-order valence-corrected chi connectivity index (χ4v) is 6.81. The van der Waals surface area contributed by atoms with Crippen LogP contribution in [0.25, 0.3) is 11.1 Å². The quantitative estimate of drug-likeness (QED) is 0.118. The molecule has 6 rings (SSSR count). The minimum absolute atomic E-state index is 0.00774. The zero-order chi connectivity index (χ0) is 38.4. The van der Waals surface area contributed by atoms with Gasteiger partial charge >= 0.3 is 0 Å². The zero-order valence-corrected chi connectivity index (χ0v) is 31.6. The Kier molecular flexibility index (Phi) is 11.8. The second kappa shape index (κ2) is 16.9. The molecule has 2 aromatic heterocycles. The highest BCUT2D eigenvalue weighted by atomic mass is 16.5. The lowest BCUT2D eigenvalue weighted by molar-refractivity contribution is -0.116. The average Bonchev–Trinajstić information content (AvgIpc) is 3.87. The Bertz CT molecular complexity index is 2040. The molecule has 284 valence electrons. The van der Waals surface area contributed by atoms with E-state index >= 15 is 0 Å². The summed E-state index contributed by atoms with van der Waals surface area (Å²) < 4.78 is 15.0. The van der Waals surface area contributed by atoms with Crippen molar-refractivity contribution in [3.63, 3.8) is 0 Å². The van der Waals surface area contributed by atoms with Crippen molar-refractivity contribution in [1.29, 1.82) is 0 Å². The first-order valence-corrected chi connectivity index (χ1v) is 18.5. The molecule has 2 aromatic carbocycles. The second-order valence-electron chi connectivity index (χ2n) is 14.3. The number of hydrogen-bond acceptors (Lipinski definition) is 7. The van der Waals surface area contributed by atoms with Gasteiger partial charge in [-0.3, -0.25) is 24.2 Å². The van der Waals surface area contributed by atoms with Crippen molar-refractivity contribution in [2.75, 3.05) is 37.4 Å². The highest BCUT2D eigenvalue weighted by Crippen LogP contribution is 2.38. The second-order valence-corrected chi connectivity index (χ2v) is 14.3. The molecule has 4 heterocycles. The molecular formula is C41H49N7O6. The summed E-state index contributed by atoms with van der Waals surface area (Å²) in [6.07, 6.45) is 9.92. The number of nitrogens with one attached hydrogen (secondary N) is 3. The summed E-state index contributed by atoms with van der Waals surface area (Å²) in [5, 5.41) is 8.79. The molecule has 0 spiro atoms. The number of aliphatic imine (C=N–C) groups is 1. The molecule has 0 bridgehead atoms. The van der Waals surface area contributed by atoms with Gasteiger partial charge in [0.25, 0.3) is 17.7 Å². The molecular weight excluding hydrogens is 686 g/mol. The van der Waals surface area contributed by atoms with E-state index in [1.165, 1.54) is 7.11 Å². The number of ether oxygens (including phenoxy) is 2. The van der Waals surface area contributed by atoms with Crippen molar-refractivity contribution in [2.45, 2.75) is 58.4 Å². The molecule has 0 aliphatic carbocycles. The maximum Gasteiger partial charge on any atom is 0.272 e. The summed E-state index contributed by atoms with van der Waals surface area (Å²) in [7, 11) is 5.12. The summed E-state index contributed by atoms with van der Waals surface area (Å²) in [5.74, 6) is 0.794. The summed E-state index contributed by atoms with van der Waals surface area (Å²) in [4.78, 5) is 58.2. The standard InChI is InChI=1S/C41H49N7O6/c1-26(2)9-6-16-42-39(50)34-19-28(24-46(34)3)27-12-14-29(15-13-27)45-40(51)35-20-30(25-47(35)4)44-38(49)11-8-18-54-37-22-33-32(21-36(37)53-5)41(52)48-17-7-10-31(48)23-43-33/h12-15,19-26,31H,6-11,16-18H2,1-5H3,(H,42,50)(H,44,49)(H,45,51)/t31-/m1/s1. The summed E-state index contributed by atoms with van der Waals surface area (Å²) in [6.45, 7) is 5.94. The minimum atomic E-state index is -0.323. The van der Waals surface area contributed by atoms with E-state index in [1.807, 2.05) is 59.3 Å². The van der Waals surface area contributed by atoms with E-state index in [-0.39, 0.29) is 42.7 Å². The van der Waals surface area contributed by atoms with E-state index < -0.39 is 0 Å². The first-order chi connectivity index (χ1) is 26.0. The number of amides is 4. The molecule has 13 nitrogen and oxygen atoms in total. The van der Waals surface area contributed by atoms with Crippen LogP contribution < -0.4 is 25.4 Å². The highest BCUT2D eigenvalue weighted by molar-refractivity contribution is 6.05. The molecule has 2 aliphatic rings. The fraction of sp³-hybridized carbons (Fsp3) is 0.390. The Labute approximate surface area is 315 Å². The Morgan fingerprint density at radius 2 is 1.65 bits per heavy atom. The maximum absolute atomic E-state index is 13.2. The van der Waals surface area contributed by atoms with Gasteiger partial charge < -0.3 is 39.5 Å². The third-order valence-corrected chi connectivity index (χ3v) is 9.74. The zero-order valence-electron chi connectivity index (χ0n) is 31.6. The number of fused-ring (bicyclic) bond motifs is 2. The van der Waals surface area contributed by atoms with Crippen LogP contribution in [0.3, 0.4) is 0 Å². The van der Waals surface area contributed by atoms with Crippen LogP contribution in [0.5, 0.6) is 11.5 Å². The number of aryl methyl sites for hydroxylation is 2. The van der Waals surface area contributed by atoms with Gasteiger partial charge in [-0.25, -0.2) is 0 Å². The highest BCUT2D eigenvalue weighted by Gasteiger charge is 2.32. The summed E-state index contributed by atoms with van der Waals surface area (Å²) in [5.41, 5.74) is 4.92. The van der Waals surface area contributed by atoms with Crippen molar-refractivity contribution in [1.82, 2.24) is 19.4 Å². The van der Waals surface area contributed by atoms with Crippen molar-refractivity contribution < 1.29 is 28.7 Å². The molecule has 1 atom stereocenters. The average molecular weight is 736 g/mol. The Hall–Kier alpha value is -5.85. The van der Waals surface area contributed by atoms with Crippen LogP contribution >= 0.6 is 0 Å². The first kappa shape index (κ1) is 37.9. The molecule has 1 fully saturated rings. The lowest BCUT2D eigenvalue weighted by Crippen LogP contribution is -2.35. The largest absolute Gasteiger partial charge is 0.493 e. The van der Waals surface area contributed by atoms with Crippen LogP contribution in [0, 0.1) is 5.92 Å². The smallest absolute Gasteiger partial charge is 0.272 e. The van der Waals surface area contributed by atoms with Gasteiger partial charge in [-0.1, -0.05) is 26.0 Å². The number of aromatic nitrogens is 2. The van der Waals surface area contributed by atoms with E-state index in [4.69, 9.17) is 9.47 Å². The number of rotatable bonds is 15. The van der Waals surface area contributed by atoms with Crippen LogP contribution in [0.15, 0.2) is 65.9 Å². The molecule has 54 heavy (non-hydrogen) atoms. The van der Waals surface area contributed by atoms with Gasteiger partial charge in [-0.2, -0.15) is 0 Å². The van der Waals surface area contributed by atoms with E-state index in [1.54, 1.807) is 36.0 Å². The van der Waals surface area contributed by atoms with Crippen LogP contribution in [-0.4, -0.2) is 76.7 Å². The van der Waals surface area contributed by atoms with E-state index in [2.05, 4.69) is 34.8 Å². The molecule has 4 amide bonds. The van der Waals surface area contributed by atoms with Crippen molar-refractivity contribution in [3.05, 3.63) is 77.9 Å². The predicted octanol–water partition coefficient (Wildman–Crippen LogP) is 6.58. The van der Waals surface area contributed by atoms with Gasteiger partial charge in [0.15, 0.2) is 11.5 Å². The van der Waals surface area contributed by atoms with Crippen molar-refractivity contribution in [3.8, 4) is 22.6 Å². The number of benzene rings is 2. The van der Waals surface area contributed by atoms with Gasteiger partial charge in [0, 0.05) is 69.5 Å². The molecule has 3 N–H and O–H groups in total. The molecule has 2 aliphatic heterocycles. The Morgan fingerprint density at radius 3 is 2.41 bits per heavy atom. The number of carbonyl (C=O) groups is 4. The van der Waals surface area contributed by atoms with Crippen LogP contribution in [0.4, 0.5) is 17.1 Å². The van der Waals surface area contributed by atoms with Gasteiger partial charge in [0.2, 0.25) is 5.91 Å². The Morgan fingerprint density at radius 1 is 0.889 bits per heavy atom. The first-order valence-electron chi connectivity index (χ1n) is 18.5. The summed E-state index contributed by atoms with van der Waals surface area (Å²) in [6, 6.07) is 14.3. The van der Waals surface area contributed by atoms with Crippen LogP contribution in [-0.2, 0) is 18.9 Å². The minimum Gasteiger partial charge on any atom is -0.493 e. The molecule has 0 radical (unpaired) electrons. The Balaban J connectivity index is 0.978. The fourth-order valence-electron chi connectivity index (χ4n) is 6.81. The van der Waals surface area contributed by atoms with Gasteiger partial charge in [0.1, 0.15) is 11.4 Å². The van der Waals surface area contributed by atoms with E-state index in [9.17, 15) is 19.2 Å². The van der Waals surface area contributed by atoms with Crippen molar-refractivity contribution in [2.24, 2.45) is 25.0 Å². The summed E-state index contributed by atoms with van der Waals surface area (Å²) >= 11 is 0. The van der Waals surface area contributed by atoms with Crippen LogP contribution in [0.2, 0.25) is 0 Å². The molecule has 13 heteroatoms. The lowest BCUT2D eigenvalue weighted by atomic mass is 10.1. The van der Waals surface area contributed by atoms with Crippen molar-refractivity contribution >= 4 is 46.9 Å². The molecule has 1 saturated heterocycles. The molecule has 4 aromatic rings. The maximum atomic E-state index is 13.2. The lowest BCUT2D eigenvalue weighted by Gasteiger charge is -2.20. The predicted molar refractivity (Wildman–Crippen MR) is 209 cm³/mol. The number of nitrogens with zero attached hydrogens (tertiary/aromatic N) is 4. The molecule has 0 saturated carbocycles. The van der Waals surface area contributed by atoms with Gasteiger partial charge in [0.05, 0.1) is 36.7 Å². The topological polar surface area (TPSA) is 148 Å². The normalized spacial score (nSPS) is 14.7. The monoisotopic (exact) mass is 735 g/mol.